The number of hydrogen-bond acceptors (Lipinski definition) is 4. The Hall–Kier alpha value is -0.160. The van der Waals surface area contributed by atoms with Crippen molar-refractivity contribution in [1.82, 2.24) is 10.2 Å². The molecule has 4 atom stereocenters. The predicted molar refractivity (Wildman–Crippen MR) is 40.2 cm³/mol. The number of nitrogens with one attached hydrogen (secondary N) is 1. The van der Waals surface area contributed by atoms with Crippen molar-refractivity contribution in [3.63, 3.8) is 0 Å². The number of hydrogen-bond donors (Lipinski definition) is 3. The van der Waals surface area contributed by atoms with Crippen molar-refractivity contribution in [2.75, 3.05) is 20.1 Å². The average Bonchev–Trinajstić information content (AvgIpc) is 2.41. The number of likely N-dealkylation sites (tertiary alicyclic amines) is 1. The van der Waals surface area contributed by atoms with Gasteiger partial charge in [0, 0.05) is 13.1 Å². The molecule has 4 unspecified atom stereocenters. The van der Waals surface area contributed by atoms with Gasteiger partial charge >= 0.3 is 0 Å². The third-order valence-corrected chi connectivity index (χ3v) is 2.72. The van der Waals surface area contributed by atoms with Crippen LogP contribution in [0.2, 0.25) is 0 Å². The first kappa shape index (κ1) is 7.49. The fourth-order valence-corrected chi connectivity index (χ4v) is 2.20. The number of aliphatic hydroxyl groups excluding tert-OH is 2. The minimum absolute atomic E-state index is 0.0787. The minimum Gasteiger partial charge on any atom is -0.390 e. The molecule has 0 aromatic heterocycles. The van der Waals surface area contributed by atoms with Crippen molar-refractivity contribution >= 4 is 0 Å². The first-order chi connectivity index (χ1) is 5.20. The van der Waals surface area contributed by atoms with E-state index in [0.29, 0.717) is 13.1 Å². The molecule has 2 rings (SSSR count). The van der Waals surface area contributed by atoms with Gasteiger partial charge in [-0.15, -0.1) is 0 Å². The van der Waals surface area contributed by atoms with Crippen molar-refractivity contribution in [2.24, 2.45) is 0 Å². The van der Waals surface area contributed by atoms with Crippen LogP contribution in [0.15, 0.2) is 0 Å². The normalized spacial score (nSPS) is 51.5. The number of nitrogens with zero attached hydrogens (tertiary/aromatic N) is 1. The Balaban J connectivity index is 2.15. The molecule has 3 N–H and O–H groups in total. The van der Waals surface area contributed by atoms with Gasteiger partial charge in [-0.2, -0.15) is 0 Å². The van der Waals surface area contributed by atoms with Crippen LogP contribution < -0.4 is 5.32 Å². The molecule has 0 saturated carbocycles. The van der Waals surface area contributed by atoms with E-state index in [-0.39, 0.29) is 24.3 Å². The monoisotopic (exact) mass is 158 g/mol. The highest BCUT2D eigenvalue weighted by molar-refractivity contribution is 5.05. The highest BCUT2D eigenvalue weighted by atomic mass is 16.3. The van der Waals surface area contributed by atoms with Crippen LogP contribution >= 0.6 is 0 Å². The maximum atomic E-state index is 9.47. The summed E-state index contributed by atoms with van der Waals surface area (Å²) in [4.78, 5) is 2.01. The smallest absolute Gasteiger partial charge is 0.0836 e. The fourth-order valence-electron chi connectivity index (χ4n) is 2.20. The van der Waals surface area contributed by atoms with Gasteiger partial charge in [0.25, 0.3) is 0 Å². The Morgan fingerprint density at radius 2 is 2.09 bits per heavy atom. The first-order valence-corrected chi connectivity index (χ1v) is 4.00. The zero-order chi connectivity index (χ0) is 8.01. The van der Waals surface area contributed by atoms with E-state index in [1.807, 2.05) is 11.9 Å². The minimum atomic E-state index is -0.317. The van der Waals surface area contributed by atoms with E-state index in [9.17, 15) is 10.2 Å². The molecule has 64 valence electrons. The molecule has 0 aromatic rings. The Morgan fingerprint density at radius 3 is 2.73 bits per heavy atom. The summed E-state index contributed by atoms with van der Waals surface area (Å²) < 4.78 is 0. The van der Waals surface area contributed by atoms with E-state index in [0.717, 1.165) is 0 Å². The van der Waals surface area contributed by atoms with E-state index < -0.39 is 0 Å². The summed E-state index contributed by atoms with van der Waals surface area (Å²) in [5, 5.41) is 22.1. The second-order valence-corrected chi connectivity index (χ2v) is 3.50. The largest absolute Gasteiger partial charge is 0.390 e. The number of fused-ring (bicyclic) bond motifs is 1. The summed E-state index contributed by atoms with van der Waals surface area (Å²) in [6.45, 7) is 1.27. The Bertz CT molecular complexity index is 165. The Kier molecular flexibility index (Phi) is 1.64. The summed E-state index contributed by atoms with van der Waals surface area (Å²) in [5.74, 6) is 0. The van der Waals surface area contributed by atoms with Crippen LogP contribution in [0.25, 0.3) is 0 Å². The predicted octanol–water partition coefficient (Wildman–Crippen LogP) is -2.01. The maximum Gasteiger partial charge on any atom is 0.0836 e. The standard InChI is InChI=1S/C7H14N2O2/c1-9-3-5(11)6-7(9)4(10)2-8-6/h4-8,10-11H,2-3H2,1H3. The summed E-state index contributed by atoms with van der Waals surface area (Å²) in [5.41, 5.74) is 0. The average molecular weight is 158 g/mol. The molecule has 0 aromatic carbocycles. The molecule has 4 nitrogen and oxygen atoms in total. The third kappa shape index (κ3) is 0.980. The number of β-amino-alcohol motifs (C(OH)–C–C–N with tert-alkyl or cyclic N) is 2. The lowest BCUT2D eigenvalue weighted by molar-refractivity contribution is 0.113. The van der Waals surface area contributed by atoms with E-state index in [1.165, 1.54) is 0 Å². The van der Waals surface area contributed by atoms with Gasteiger partial charge in [0.05, 0.1) is 24.3 Å². The number of rotatable bonds is 0. The quantitative estimate of drug-likeness (QED) is 0.381. The molecule has 0 spiro atoms. The molecule has 11 heavy (non-hydrogen) atoms. The van der Waals surface area contributed by atoms with Crippen molar-refractivity contribution < 1.29 is 10.2 Å². The molecular formula is C7H14N2O2. The van der Waals surface area contributed by atoms with Crippen molar-refractivity contribution in [2.45, 2.75) is 24.3 Å². The molecule has 0 radical (unpaired) electrons. The van der Waals surface area contributed by atoms with Gasteiger partial charge in [-0.3, -0.25) is 4.90 Å². The second-order valence-electron chi connectivity index (χ2n) is 3.50. The van der Waals surface area contributed by atoms with Crippen LogP contribution in [0.5, 0.6) is 0 Å². The van der Waals surface area contributed by atoms with Crippen LogP contribution in [-0.2, 0) is 0 Å². The molecule has 2 aliphatic heterocycles. The van der Waals surface area contributed by atoms with E-state index in [4.69, 9.17) is 0 Å². The van der Waals surface area contributed by atoms with Gasteiger partial charge in [0.1, 0.15) is 0 Å². The zero-order valence-electron chi connectivity index (χ0n) is 6.57. The molecule has 0 bridgehead atoms. The molecule has 2 heterocycles. The lowest BCUT2D eigenvalue weighted by atomic mass is 10.1. The summed E-state index contributed by atoms with van der Waals surface area (Å²) >= 11 is 0. The molecule has 0 amide bonds. The van der Waals surface area contributed by atoms with Crippen LogP contribution in [0, 0.1) is 0 Å². The van der Waals surface area contributed by atoms with E-state index >= 15 is 0 Å². The summed E-state index contributed by atoms with van der Waals surface area (Å²) in [7, 11) is 1.93. The van der Waals surface area contributed by atoms with E-state index in [1.54, 1.807) is 0 Å². The SMILES string of the molecule is CN1CC(O)C2NCC(O)C21. The van der Waals surface area contributed by atoms with Crippen LogP contribution in [0.1, 0.15) is 0 Å². The van der Waals surface area contributed by atoms with Gasteiger partial charge in [-0.25, -0.2) is 0 Å². The van der Waals surface area contributed by atoms with Crippen molar-refractivity contribution in [3.05, 3.63) is 0 Å². The van der Waals surface area contributed by atoms with Gasteiger partial charge in [-0.1, -0.05) is 0 Å². The Morgan fingerprint density at radius 1 is 1.36 bits per heavy atom. The first-order valence-electron chi connectivity index (χ1n) is 4.00. The molecule has 0 aliphatic carbocycles. The Labute approximate surface area is 65.8 Å². The summed E-state index contributed by atoms with van der Waals surface area (Å²) in [6.07, 6.45) is -0.635. The zero-order valence-corrected chi connectivity index (χ0v) is 6.57. The number of aliphatic hydroxyl groups is 2. The second kappa shape index (κ2) is 2.42. The maximum absolute atomic E-state index is 9.47. The molecule has 2 fully saturated rings. The highest BCUT2D eigenvalue weighted by Gasteiger charge is 2.46. The number of likely N-dealkylation sites (N-methyl/N-ethyl adjacent to an activating group) is 1. The van der Waals surface area contributed by atoms with Gasteiger partial charge in [0.15, 0.2) is 0 Å². The van der Waals surface area contributed by atoms with Gasteiger partial charge in [-0.05, 0) is 7.05 Å². The van der Waals surface area contributed by atoms with Crippen LogP contribution in [0.4, 0.5) is 0 Å². The van der Waals surface area contributed by atoms with Crippen molar-refractivity contribution in [3.8, 4) is 0 Å². The van der Waals surface area contributed by atoms with Crippen molar-refractivity contribution in [1.29, 1.82) is 0 Å². The molecule has 2 aliphatic rings. The van der Waals surface area contributed by atoms with Crippen LogP contribution in [-0.4, -0.2) is 59.5 Å². The lowest BCUT2D eigenvalue weighted by Crippen LogP contribution is -2.39. The summed E-state index contributed by atoms with van der Waals surface area (Å²) in [6, 6.07) is 0.194. The molecule has 4 heteroatoms. The fraction of sp³-hybridized carbons (Fsp3) is 1.00. The van der Waals surface area contributed by atoms with Gasteiger partial charge in [0.2, 0.25) is 0 Å². The van der Waals surface area contributed by atoms with Crippen LogP contribution in [0.3, 0.4) is 0 Å². The van der Waals surface area contributed by atoms with Gasteiger partial charge < -0.3 is 15.5 Å². The van der Waals surface area contributed by atoms with E-state index in [2.05, 4.69) is 5.32 Å². The third-order valence-electron chi connectivity index (χ3n) is 2.72. The molecular weight excluding hydrogens is 144 g/mol. The topological polar surface area (TPSA) is 55.7 Å². The lowest BCUT2D eigenvalue weighted by Gasteiger charge is -2.20. The molecule has 2 saturated heterocycles. The highest BCUT2D eigenvalue weighted by Crippen LogP contribution is 2.23.